The SMILES string of the molecule is COc1cc(C2C(C(=O)OCC(C)C)=C(C)N=c3sc(=Cc4ccc(-c5cccc(Br)c5)o4)c(=O)n32)ccc1OC(C)=O. The molecule has 1 aliphatic rings. The van der Waals surface area contributed by atoms with Crippen LogP contribution >= 0.6 is 27.3 Å². The number of esters is 2. The van der Waals surface area contributed by atoms with E-state index in [1.165, 1.54) is 29.9 Å². The van der Waals surface area contributed by atoms with Crippen LogP contribution in [0.5, 0.6) is 11.5 Å². The van der Waals surface area contributed by atoms with Gasteiger partial charge in [0.15, 0.2) is 16.3 Å². The smallest absolute Gasteiger partial charge is 0.338 e. The van der Waals surface area contributed by atoms with Gasteiger partial charge >= 0.3 is 11.9 Å². The van der Waals surface area contributed by atoms with Gasteiger partial charge in [0.1, 0.15) is 11.5 Å². The number of carbonyl (C=O) groups is 2. The molecule has 0 saturated carbocycles. The number of hydrogen-bond donors (Lipinski definition) is 0. The van der Waals surface area contributed by atoms with Crippen molar-refractivity contribution in [3.63, 3.8) is 0 Å². The summed E-state index contributed by atoms with van der Waals surface area (Å²) in [5.74, 6) is 0.684. The van der Waals surface area contributed by atoms with Crippen LogP contribution in [-0.4, -0.2) is 30.2 Å². The highest BCUT2D eigenvalue weighted by atomic mass is 79.9. The second kappa shape index (κ2) is 12.6. The first kappa shape index (κ1) is 30.2. The van der Waals surface area contributed by atoms with Crippen molar-refractivity contribution in [2.24, 2.45) is 10.9 Å². The normalized spacial score (nSPS) is 14.9. The van der Waals surface area contributed by atoms with Gasteiger partial charge in [0, 0.05) is 23.0 Å². The number of thiazole rings is 1. The first-order valence-electron chi connectivity index (χ1n) is 13.5. The van der Waals surface area contributed by atoms with Crippen LogP contribution in [0, 0.1) is 5.92 Å². The third-order valence-corrected chi connectivity index (χ3v) is 8.03. The largest absolute Gasteiger partial charge is 0.493 e. The molecule has 0 fully saturated rings. The Labute approximate surface area is 259 Å². The van der Waals surface area contributed by atoms with Crippen LogP contribution in [0.2, 0.25) is 0 Å². The van der Waals surface area contributed by atoms with E-state index in [2.05, 4.69) is 20.9 Å². The number of carbonyl (C=O) groups excluding carboxylic acids is 2. The van der Waals surface area contributed by atoms with Gasteiger partial charge in [-0.3, -0.25) is 14.2 Å². The van der Waals surface area contributed by atoms with Crippen molar-refractivity contribution < 1.29 is 28.2 Å². The summed E-state index contributed by atoms with van der Waals surface area (Å²) in [6.45, 7) is 7.10. The zero-order valence-electron chi connectivity index (χ0n) is 24.2. The zero-order valence-corrected chi connectivity index (χ0v) is 26.6. The van der Waals surface area contributed by atoms with Crippen molar-refractivity contribution in [2.45, 2.75) is 33.7 Å². The summed E-state index contributed by atoms with van der Waals surface area (Å²) in [7, 11) is 1.45. The number of allylic oxidation sites excluding steroid dienone is 1. The summed E-state index contributed by atoms with van der Waals surface area (Å²) in [5, 5.41) is 0. The van der Waals surface area contributed by atoms with E-state index in [9.17, 15) is 14.4 Å². The van der Waals surface area contributed by atoms with E-state index in [-0.39, 0.29) is 35.2 Å². The van der Waals surface area contributed by atoms with Gasteiger partial charge in [-0.05, 0) is 54.8 Å². The molecule has 3 heterocycles. The van der Waals surface area contributed by atoms with E-state index in [4.69, 9.17) is 18.6 Å². The number of fused-ring (bicyclic) bond motifs is 1. The predicted molar refractivity (Wildman–Crippen MR) is 166 cm³/mol. The van der Waals surface area contributed by atoms with Gasteiger partial charge in [-0.2, -0.15) is 0 Å². The lowest BCUT2D eigenvalue weighted by Crippen LogP contribution is -2.40. The molecule has 222 valence electrons. The number of rotatable bonds is 8. The standard InChI is InChI=1S/C32H29BrN2O7S/c1-17(2)16-40-31(38)28-18(3)34-32-35(29(28)21-9-11-25(41-19(4)36)26(14-21)39-5)30(37)27(43-32)15-23-10-12-24(42-23)20-7-6-8-22(33)13-20/h6-15,17,29H,16H2,1-5H3. The van der Waals surface area contributed by atoms with Crippen molar-refractivity contribution in [2.75, 3.05) is 13.7 Å². The Morgan fingerprint density at radius 2 is 1.93 bits per heavy atom. The molecule has 0 bridgehead atoms. The minimum Gasteiger partial charge on any atom is -0.493 e. The van der Waals surface area contributed by atoms with Gasteiger partial charge in [-0.25, -0.2) is 9.79 Å². The minimum absolute atomic E-state index is 0.114. The summed E-state index contributed by atoms with van der Waals surface area (Å²) < 4.78 is 25.2. The molecular weight excluding hydrogens is 636 g/mol. The molecule has 0 radical (unpaired) electrons. The Morgan fingerprint density at radius 1 is 1.14 bits per heavy atom. The van der Waals surface area contributed by atoms with Crippen LogP contribution in [0.3, 0.4) is 0 Å². The zero-order chi connectivity index (χ0) is 30.8. The average Bonchev–Trinajstić information content (AvgIpc) is 3.55. The molecule has 0 aliphatic carbocycles. The number of halogens is 1. The van der Waals surface area contributed by atoms with Gasteiger partial charge in [0.25, 0.3) is 5.56 Å². The Bertz CT molecular complexity index is 1930. The van der Waals surface area contributed by atoms with E-state index < -0.39 is 18.0 Å². The molecule has 2 aromatic heterocycles. The van der Waals surface area contributed by atoms with E-state index in [1.54, 1.807) is 37.3 Å². The Hall–Kier alpha value is -4.22. The molecule has 43 heavy (non-hydrogen) atoms. The summed E-state index contributed by atoms with van der Waals surface area (Å²) in [4.78, 5) is 44.1. The summed E-state index contributed by atoms with van der Waals surface area (Å²) >= 11 is 4.67. The van der Waals surface area contributed by atoms with E-state index in [0.717, 1.165) is 10.0 Å². The lowest BCUT2D eigenvalue weighted by atomic mass is 9.95. The van der Waals surface area contributed by atoms with Crippen molar-refractivity contribution >= 4 is 45.3 Å². The maximum Gasteiger partial charge on any atom is 0.338 e. The molecule has 1 unspecified atom stereocenters. The van der Waals surface area contributed by atoms with Crippen molar-refractivity contribution in [3.05, 3.63) is 101 Å². The number of aromatic nitrogens is 1. The number of furan rings is 1. The second-order valence-corrected chi connectivity index (χ2v) is 12.2. The lowest BCUT2D eigenvalue weighted by molar-refractivity contribution is -0.140. The quantitative estimate of drug-likeness (QED) is 0.183. The van der Waals surface area contributed by atoms with Crippen LogP contribution in [0.1, 0.15) is 45.1 Å². The van der Waals surface area contributed by atoms with Gasteiger partial charge in [0.05, 0.1) is 35.6 Å². The predicted octanol–water partition coefficient (Wildman–Crippen LogP) is 5.39. The molecular formula is C32H29BrN2O7S. The van der Waals surface area contributed by atoms with Gasteiger partial charge in [-0.15, -0.1) is 0 Å². The number of nitrogens with zero attached hydrogens (tertiary/aromatic N) is 2. The molecule has 2 aromatic carbocycles. The average molecular weight is 666 g/mol. The molecule has 9 nitrogen and oxygen atoms in total. The van der Waals surface area contributed by atoms with Crippen LogP contribution in [-0.2, 0) is 14.3 Å². The number of hydrogen-bond acceptors (Lipinski definition) is 9. The molecule has 0 spiro atoms. The monoisotopic (exact) mass is 664 g/mol. The number of methoxy groups -OCH3 is 1. The molecule has 11 heteroatoms. The molecule has 1 atom stereocenters. The molecule has 4 aromatic rings. The molecule has 0 saturated heterocycles. The van der Waals surface area contributed by atoms with Crippen molar-refractivity contribution in [1.82, 2.24) is 4.57 Å². The Kier molecular flexibility index (Phi) is 8.84. The maximum absolute atomic E-state index is 14.0. The summed E-state index contributed by atoms with van der Waals surface area (Å²) in [6, 6.07) is 15.4. The van der Waals surface area contributed by atoms with Crippen LogP contribution in [0.15, 0.2) is 84.5 Å². The van der Waals surface area contributed by atoms with Crippen molar-refractivity contribution in [1.29, 1.82) is 0 Å². The maximum atomic E-state index is 14.0. The topological polar surface area (TPSA) is 109 Å². The summed E-state index contributed by atoms with van der Waals surface area (Å²) in [5.41, 5.74) is 1.77. The van der Waals surface area contributed by atoms with E-state index >= 15 is 0 Å². The van der Waals surface area contributed by atoms with E-state index in [0.29, 0.717) is 32.1 Å². The molecule has 0 amide bonds. The van der Waals surface area contributed by atoms with Gasteiger partial charge in [-0.1, -0.05) is 59.3 Å². The highest BCUT2D eigenvalue weighted by Crippen LogP contribution is 2.36. The third-order valence-electron chi connectivity index (χ3n) is 6.56. The highest BCUT2D eigenvalue weighted by molar-refractivity contribution is 9.10. The van der Waals surface area contributed by atoms with Crippen LogP contribution < -0.4 is 24.4 Å². The summed E-state index contributed by atoms with van der Waals surface area (Å²) in [6.07, 6.45) is 1.67. The van der Waals surface area contributed by atoms with Crippen LogP contribution in [0.4, 0.5) is 0 Å². The van der Waals surface area contributed by atoms with Crippen molar-refractivity contribution in [3.8, 4) is 22.8 Å². The third kappa shape index (κ3) is 6.42. The molecule has 1 aliphatic heterocycles. The fourth-order valence-electron chi connectivity index (χ4n) is 4.67. The highest BCUT2D eigenvalue weighted by Gasteiger charge is 2.34. The first-order chi connectivity index (χ1) is 20.5. The molecule has 0 N–H and O–H groups in total. The minimum atomic E-state index is -0.868. The second-order valence-electron chi connectivity index (χ2n) is 10.3. The number of ether oxygens (including phenoxy) is 3. The Balaban J connectivity index is 1.64. The van der Waals surface area contributed by atoms with Crippen LogP contribution in [0.25, 0.3) is 17.4 Å². The van der Waals surface area contributed by atoms with Gasteiger partial charge in [0.2, 0.25) is 0 Å². The Morgan fingerprint density at radius 3 is 2.63 bits per heavy atom. The van der Waals surface area contributed by atoms with E-state index in [1.807, 2.05) is 44.2 Å². The fourth-order valence-corrected chi connectivity index (χ4v) is 6.09. The fraction of sp³-hybridized carbons (Fsp3) is 0.250. The van der Waals surface area contributed by atoms with Gasteiger partial charge < -0.3 is 18.6 Å². The first-order valence-corrected chi connectivity index (χ1v) is 15.1. The molecule has 5 rings (SSSR count). The number of benzene rings is 2. The lowest BCUT2D eigenvalue weighted by Gasteiger charge is -2.25.